The zero-order chi connectivity index (χ0) is 14.0. The van der Waals surface area contributed by atoms with Gasteiger partial charge in [-0.2, -0.15) is 0 Å². The van der Waals surface area contributed by atoms with Gasteiger partial charge in [-0.1, -0.05) is 0 Å². The molecule has 6 heteroatoms. The van der Waals surface area contributed by atoms with Crippen LogP contribution in [-0.4, -0.2) is 29.3 Å². The van der Waals surface area contributed by atoms with Gasteiger partial charge in [-0.3, -0.25) is 4.79 Å². The molecule has 0 saturated heterocycles. The second kappa shape index (κ2) is 5.09. The fourth-order valence-electron chi connectivity index (χ4n) is 1.82. The first-order chi connectivity index (χ1) is 9.08. The number of nitrogens with one attached hydrogen (secondary N) is 1. The average Bonchev–Trinajstić information content (AvgIpc) is 2.39. The van der Waals surface area contributed by atoms with Gasteiger partial charge in [0.25, 0.3) is 0 Å². The number of nitrogens with zero attached hydrogens (tertiary/aromatic N) is 2. The number of carbonyl (C=O) groups is 1. The molecular formula is C13H15N3O3. The van der Waals surface area contributed by atoms with Crippen LogP contribution in [0.4, 0.5) is 0 Å². The number of hydrogen-bond donors (Lipinski definition) is 1. The fraction of sp³-hybridized carbons (Fsp3) is 0.308. The Labute approximate surface area is 110 Å². The normalized spacial score (nSPS) is 10.5. The molecule has 100 valence electrons. The molecule has 0 aliphatic carbocycles. The van der Waals surface area contributed by atoms with Crippen molar-refractivity contribution in [2.45, 2.75) is 13.8 Å². The van der Waals surface area contributed by atoms with E-state index in [0.29, 0.717) is 11.0 Å². The topological polar surface area (TPSA) is 73.2 Å². The highest BCUT2D eigenvalue weighted by Gasteiger charge is 2.16. The van der Waals surface area contributed by atoms with E-state index in [1.54, 1.807) is 26.1 Å². The standard InChI is InChI=1S/C13H15N3O3/c1-4-19-13(18)10-7-16(14-3)12-9(11(10)17)6-5-8(2)15-12/h5-7,14H,4H2,1-3H3. The molecule has 0 aromatic carbocycles. The van der Waals surface area contributed by atoms with Crippen LogP contribution in [0.5, 0.6) is 0 Å². The number of pyridine rings is 2. The summed E-state index contributed by atoms with van der Waals surface area (Å²) in [5.41, 5.74) is 3.77. The molecule has 2 aromatic heterocycles. The van der Waals surface area contributed by atoms with Gasteiger partial charge in [0, 0.05) is 18.9 Å². The smallest absolute Gasteiger partial charge is 0.343 e. The van der Waals surface area contributed by atoms with Crippen LogP contribution in [-0.2, 0) is 4.74 Å². The predicted molar refractivity (Wildman–Crippen MR) is 72.0 cm³/mol. The molecule has 0 saturated carbocycles. The number of rotatable bonds is 3. The summed E-state index contributed by atoms with van der Waals surface area (Å²) in [7, 11) is 1.68. The van der Waals surface area contributed by atoms with E-state index in [0.717, 1.165) is 5.69 Å². The van der Waals surface area contributed by atoms with Crippen molar-refractivity contribution in [3.05, 3.63) is 39.8 Å². The van der Waals surface area contributed by atoms with E-state index < -0.39 is 5.97 Å². The number of fused-ring (bicyclic) bond motifs is 1. The van der Waals surface area contributed by atoms with E-state index in [1.807, 2.05) is 6.92 Å². The number of ether oxygens (including phenoxy) is 1. The zero-order valence-electron chi connectivity index (χ0n) is 11.1. The maximum absolute atomic E-state index is 12.2. The first-order valence-electron chi connectivity index (χ1n) is 5.96. The van der Waals surface area contributed by atoms with Crippen LogP contribution < -0.4 is 10.9 Å². The van der Waals surface area contributed by atoms with Crippen LogP contribution in [0, 0.1) is 6.92 Å². The Hall–Kier alpha value is -2.37. The van der Waals surface area contributed by atoms with E-state index in [4.69, 9.17) is 4.74 Å². The largest absolute Gasteiger partial charge is 0.462 e. The Morgan fingerprint density at radius 2 is 2.21 bits per heavy atom. The van der Waals surface area contributed by atoms with E-state index >= 15 is 0 Å². The highest BCUT2D eigenvalue weighted by Crippen LogP contribution is 2.10. The molecule has 1 N–H and O–H groups in total. The minimum absolute atomic E-state index is 0.00523. The lowest BCUT2D eigenvalue weighted by atomic mass is 10.2. The molecule has 0 unspecified atom stereocenters. The SMILES string of the molecule is CCOC(=O)c1cn(NC)c2nc(C)ccc2c1=O. The molecule has 19 heavy (non-hydrogen) atoms. The van der Waals surface area contributed by atoms with Crippen LogP contribution in [0.2, 0.25) is 0 Å². The van der Waals surface area contributed by atoms with Gasteiger partial charge in [-0.15, -0.1) is 0 Å². The van der Waals surface area contributed by atoms with E-state index in [2.05, 4.69) is 10.4 Å². The molecular weight excluding hydrogens is 246 g/mol. The lowest BCUT2D eigenvalue weighted by Gasteiger charge is -2.11. The third kappa shape index (κ3) is 2.29. The van der Waals surface area contributed by atoms with Gasteiger partial charge >= 0.3 is 5.97 Å². The highest BCUT2D eigenvalue weighted by molar-refractivity contribution is 5.93. The molecule has 0 atom stereocenters. The Bertz CT molecular complexity index is 691. The van der Waals surface area contributed by atoms with Crippen molar-refractivity contribution in [2.75, 3.05) is 19.1 Å². The summed E-state index contributed by atoms with van der Waals surface area (Å²) in [6.07, 6.45) is 1.41. The maximum Gasteiger partial charge on any atom is 0.343 e. The van der Waals surface area contributed by atoms with Gasteiger partial charge in [0.15, 0.2) is 5.65 Å². The minimum Gasteiger partial charge on any atom is -0.462 e. The zero-order valence-corrected chi connectivity index (χ0v) is 11.1. The highest BCUT2D eigenvalue weighted by atomic mass is 16.5. The second-order valence-electron chi connectivity index (χ2n) is 4.01. The monoisotopic (exact) mass is 261 g/mol. The molecule has 0 aliphatic rings. The van der Waals surface area contributed by atoms with Crippen molar-refractivity contribution in [3.8, 4) is 0 Å². The molecule has 0 spiro atoms. The van der Waals surface area contributed by atoms with Crippen molar-refractivity contribution in [1.29, 1.82) is 0 Å². The van der Waals surface area contributed by atoms with E-state index in [-0.39, 0.29) is 17.6 Å². The summed E-state index contributed by atoms with van der Waals surface area (Å²) >= 11 is 0. The lowest BCUT2D eigenvalue weighted by molar-refractivity contribution is 0.0524. The average molecular weight is 261 g/mol. The summed E-state index contributed by atoms with van der Waals surface area (Å²) in [6, 6.07) is 3.40. The van der Waals surface area contributed by atoms with Crippen LogP contribution in [0.15, 0.2) is 23.1 Å². The Kier molecular flexibility index (Phi) is 3.50. The molecule has 0 radical (unpaired) electrons. The molecule has 2 heterocycles. The third-order valence-corrected chi connectivity index (χ3v) is 2.73. The number of aryl methyl sites for hydroxylation is 1. The van der Waals surface area contributed by atoms with Gasteiger partial charge in [0.05, 0.1) is 12.0 Å². The quantitative estimate of drug-likeness (QED) is 0.836. The van der Waals surface area contributed by atoms with Crippen molar-refractivity contribution < 1.29 is 9.53 Å². The Morgan fingerprint density at radius 1 is 1.47 bits per heavy atom. The van der Waals surface area contributed by atoms with E-state index in [9.17, 15) is 9.59 Å². The van der Waals surface area contributed by atoms with Crippen LogP contribution in [0.25, 0.3) is 11.0 Å². The molecule has 2 aromatic rings. The molecule has 6 nitrogen and oxygen atoms in total. The van der Waals surface area contributed by atoms with Gasteiger partial charge < -0.3 is 10.2 Å². The summed E-state index contributed by atoms with van der Waals surface area (Å²) in [6.45, 7) is 3.76. The lowest BCUT2D eigenvalue weighted by Crippen LogP contribution is -2.24. The molecule has 0 amide bonds. The summed E-state index contributed by atoms with van der Waals surface area (Å²) in [4.78, 5) is 28.3. The Balaban J connectivity index is 2.76. The molecule has 0 fully saturated rings. The molecule has 2 rings (SSSR count). The summed E-state index contributed by atoms with van der Waals surface area (Å²) in [5, 5.41) is 0.380. The second-order valence-corrected chi connectivity index (χ2v) is 4.01. The van der Waals surface area contributed by atoms with Crippen LogP contribution >= 0.6 is 0 Å². The molecule has 0 bridgehead atoms. The van der Waals surface area contributed by atoms with Crippen molar-refractivity contribution >= 4 is 17.0 Å². The fourth-order valence-corrected chi connectivity index (χ4v) is 1.82. The number of hydrogen-bond acceptors (Lipinski definition) is 5. The number of carbonyl (C=O) groups excluding carboxylic acids is 1. The van der Waals surface area contributed by atoms with Gasteiger partial charge in [0.1, 0.15) is 5.56 Å². The summed E-state index contributed by atoms with van der Waals surface area (Å²) in [5.74, 6) is -0.626. The van der Waals surface area contributed by atoms with Gasteiger partial charge in [-0.25, -0.2) is 14.5 Å². The maximum atomic E-state index is 12.2. The summed E-state index contributed by atoms with van der Waals surface area (Å²) < 4.78 is 6.42. The first kappa shape index (κ1) is 13.1. The van der Waals surface area contributed by atoms with Crippen molar-refractivity contribution in [3.63, 3.8) is 0 Å². The number of aromatic nitrogens is 2. The van der Waals surface area contributed by atoms with Crippen molar-refractivity contribution in [1.82, 2.24) is 9.66 Å². The minimum atomic E-state index is -0.626. The van der Waals surface area contributed by atoms with Crippen LogP contribution in [0.3, 0.4) is 0 Å². The number of esters is 1. The predicted octanol–water partition coefficient (Wildman–Crippen LogP) is 1.05. The molecule has 0 aliphatic heterocycles. The third-order valence-electron chi connectivity index (χ3n) is 2.73. The van der Waals surface area contributed by atoms with Gasteiger partial charge in [-0.05, 0) is 26.0 Å². The van der Waals surface area contributed by atoms with Crippen molar-refractivity contribution in [2.24, 2.45) is 0 Å². The first-order valence-corrected chi connectivity index (χ1v) is 5.96. The van der Waals surface area contributed by atoms with E-state index in [1.165, 1.54) is 10.9 Å². The van der Waals surface area contributed by atoms with Gasteiger partial charge in [0.2, 0.25) is 5.43 Å². The van der Waals surface area contributed by atoms with Crippen LogP contribution in [0.1, 0.15) is 23.0 Å². The Morgan fingerprint density at radius 3 is 2.84 bits per heavy atom.